The molecule has 0 spiro atoms. The lowest BCUT2D eigenvalue weighted by Crippen LogP contribution is -2.18. The van der Waals surface area contributed by atoms with Gasteiger partial charge in [0, 0.05) is 24.4 Å². The lowest BCUT2D eigenvalue weighted by Gasteiger charge is -2.14. The van der Waals surface area contributed by atoms with Crippen molar-refractivity contribution >= 4 is 11.6 Å². The highest BCUT2D eigenvalue weighted by molar-refractivity contribution is 5.74. The summed E-state index contributed by atoms with van der Waals surface area (Å²) in [6, 6.07) is 0.294. The summed E-state index contributed by atoms with van der Waals surface area (Å²) < 4.78 is 28.0. The fraction of sp³-hybridized carbons (Fsp3) is 0.600. The lowest BCUT2D eigenvalue weighted by atomic mass is 10.2. The fourth-order valence-corrected chi connectivity index (χ4v) is 3.34. The van der Waals surface area contributed by atoms with Crippen molar-refractivity contribution in [2.75, 3.05) is 18.6 Å². The summed E-state index contributed by atoms with van der Waals surface area (Å²) in [6.07, 6.45) is 6.69. The molecule has 3 aromatic heterocycles. The topological polar surface area (TPSA) is 91.4 Å². The number of ether oxygens (including phenoxy) is 2. The van der Waals surface area contributed by atoms with Crippen LogP contribution >= 0.6 is 0 Å². The van der Waals surface area contributed by atoms with Crippen LogP contribution in [0.15, 0.2) is 18.7 Å². The van der Waals surface area contributed by atoms with E-state index >= 15 is 0 Å². The van der Waals surface area contributed by atoms with Crippen molar-refractivity contribution in [1.29, 1.82) is 0 Å². The highest BCUT2D eigenvalue weighted by Gasteiger charge is 2.29. The van der Waals surface area contributed by atoms with Gasteiger partial charge in [0.1, 0.15) is 31.0 Å². The second-order valence-corrected chi connectivity index (χ2v) is 7.74. The molecule has 162 valence electrons. The second-order valence-electron chi connectivity index (χ2n) is 7.74. The maximum atomic E-state index is 13.2. The maximum absolute atomic E-state index is 13.2. The third-order valence-corrected chi connectivity index (χ3v) is 5.22. The highest BCUT2D eigenvalue weighted by Crippen LogP contribution is 2.35. The number of halogens is 1. The van der Waals surface area contributed by atoms with Gasteiger partial charge in [-0.05, 0) is 46.5 Å². The summed E-state index contributed by atoms with van der Waals surface area (Å²) in [7, 11) is 0. The zero-order valence-corrected chi connectivity index (χ0v) is 17.7. The van der Waals surface area contributed by atoms with Crippen LogP contribution in [0.25, 0.3) is 16.9 Å². The van der Waals surface area contributed by atoms with E-state index in [2.05, 4.69) is 32.4 Å². The van der Waals surface area contributed by atoms with Gasteiger partial charge in [0.15, 0.2) is 5.75 Å². The third-order valence-electron chi connectivity index (χ3n) is 5.22. The third kappa shape index (κ3) is 4.23. The zero-order valence-electron chi connectivity index (χ0n) is 17.7. The second kappa shape index (κ2) is 8.55. The first-order valence-corrected chi connectivity index (χ1v) is 10.4. The molecule has 1 aliphatic rings. The van der Waals surface area contributed by atoms with Gasteiger partial charge >= 0.3 is 0 Å². The Morgan fingerprint density at radius 1 is 1.30 bits per heavy atom. The van der Waals surface area contributed by atoms with Crippen LogP contribution in [0.5, 0.6) is 5.75 Å². The normalized spacial score (nSPS) is 17.1. The van der Waals surface area contributed by atoms with Crippen LogP contribution in [0.3, 0.4) is 0 Å². The van der Waals surface area contributed by atoms with Crippen LogP contribution in [-0.2, 0) is 4.74 Å². The van der Waals surface area contributed by atoms with Gasteiger partial charge in [-0.2, -0.15) is 14.6 Å². The molecule has 1 fully saturated rings. The van der Waals surface area contributed by atoms with E-state index in [1.165, 1.54) is 12.8 Å². The largest absolute Gasteiger partial charge is 0.482 e. The van der Waals surface area contributed by atoms with Gasteiger partial charge in [-0.1, -0.05) is 0 Å². The molecule has 10 heteroatoms. The molecule has 0 radical (unpaired) electrons. The molecule has 2 unspecified atom stereocenters. The van der Waals surface area contributed by atoms with Crippen molar-refractivity contribution in [2.45, 2.75) is 58.9 Å². The monoisotopic (exact) mass is 417 g/mol. The zero-order chi connectivity index (χ0) is 21.3. The van der Waals surface area contributed by atoms with Gasteiger partial charge in [-0.25, -0.2) is 14.1 Å². The first-order chi connectivity index (χ1) is 14.5. The summed E-state index contributed by atoms with van der Waals surface area (Å²) >= 11 is 0. The summed E-state index contributed by atoms with van der Waals surface area (Å²) in [4.78, 5) is 9.12. The van der Waals surface area contributed by atoms with Crippen LogP contribution in [0.4, 0.5) is 10.3 Å². The first kappa shape index (κ1) is 20.5. The van der Waals surface area contributed by atoms with Gasteiger partial charge in [-0.3, -0.25) is 0 Å². The van der Waals surface area contributed by atoms with Crippen LogP contribution in [0, 0.1) is 5.92 Å². The van der Waals surface area contributed by atoms with Crippen LogP contribution < -0.4 is 10.1 Å². The molecule has 1 saturated carbocycles. The maximum Gasteiger partial charge on any atom is 0.243 e. The van der Waals surface area contributed by atoms with Gasteiger partial charge in [0.2, 0.25) is 11.6 Å². The summed E-state index contributed by atoms with van der Waals surface area (Å²) in [5.74, 6) is 1.54. The Bertz CT molecular complexity index is 1000. The van der Waals surface area contributed by atoms with Crippen LogP contribution in [-0.4, -0.2) is 54.8 Å². The molecular weight excluding hydrogens is 389 g/mol. The average Bonchev–Trinajstić information content (AvgIpc) is 3.33. The molecule has 0 saturated heterocycles. The van der Waals surface area contributed by atoms with E-state index in [9.17, 15) is 4.39 Å². The van der Waals surface area contributed by atoms with Gasteiger partial charge in [0.05, 0.1) is 6.20 Å². The quantitative estimate of drug-likeness (QED) is 0.540. The molecule has 0 bridgehead atoms. The van der Waals surface area contributed by atoms with Crippen molar-refractivity contribution in [3.05, 3.63) is 18.7 Å². The Morgan fingerprint density at radius 2 is 2.10 bits per heavy atom. The number of hydrogen-bond donors (Lipinski definition) is 1. The van der Waals surface area contributed by atoms with E-state index < -0.39 is 12.8 Å². The van der Waals surface area contributed by atoms with Crippen LogP contribution in [0.2, 0.25) is 0 Å². The fourth-order valence-electron chi connectivity index (χ4n) is 3.34. The minimum atomic E-state index is -0.646. The number of rotatable bonds is 10. The van der Waals surface area contributed by atoms with Gasteiger partial charge < -0.3 is 14.8 Å². The Morgan fingerprint density at radius 3 is 2.80 bits per heavy atom. The molecule has 1 aliphatic carbocycles. The molecule has 3 aromatic rings. The van der Waals surface area contributed by atoms with Crippen molar-refractivity contribution < 1.29 is 13.9 Å². The van der Waals surface area contributed by atoms with E-state index in [1.807, 2.05) is 20.0 Å². The number of nitrogens with one attached hydrogen (secondary N) is 1. The molecule has 30 heavy (non-hydrogen) atoms. The molecule has 0 aromatic carbocycles. The molecule has 1 N–H and O–H groups in total. The summed E-state index contributed by atoms with van der Waals surface area (Å²) in [6.45, 7) is 7.59. The number of aromatic nitrogens is 6. The van der Waals surface area contributed by atoms with Crippen molar-refractivity contribution in [3.8, 4) is 17.0 Å². The van der Waals surface area contributed by atoms with Crippen molar-refractivity contribution in [1.82, 2.24) is 29.4 Å². The molecule has 9 nitrogen and oxygen atoms in total. The Hall–Kier alpha value is -2.75. The number of nitrogens with zero attached hydrogens (tertiary/aromatic N) is 6. The minimum Gasteiger partial charge on any atom is -0.482 e. The SMILES string of the molecule is CCOC(C)n1cc(-c2ncn3nc(N[C@H](C)C4CC4)nc3c2OC(C)CF)cn1. The Kier molecular flexibility index (Phi) is 5.85. The number of hydrogen-bond acceptors (Lipinski definition) is 7. The van der Waals surface area contributed by atoms with Gasteiger partial charge in [-0.15, -0.1) is 5.10 Å². The number of fused-ring (bicyclic) bond motifs is 1. The summed E-state index contributed by atoms with van der Waals surface area (Å²) in [5, 5.41) is 12.2. The minimum absolute atomic E-state index is 0.213. The molecule has 3 atom stereocenters. The number of anilines is 1. The van der Waals surface area contributed by atoms with E-state index in [1.54, 1.807) is 28.6 Å². The predicted octanol–water partition coefficient (Wildman–Crippen LogP) is 3.49. The Labute approximate surface area is 174 Å². The van der Waals surface area contributed by atoms with E-state index in [0.717, 1.165) is 5.56 Å². The van der Waals surface area contributed by atoms with Crippen LogP contribution in [0.1, 0.15) is 46.8 Å². The molecule has 0 aliphatic heterocycles. The smallest absolute Gasteiger partial charge is 0.243 e. The van der Waals surface area contributed by atoms with Crippen molar-refractivity contribution in [3.63, 3.8) is 0 Å². The molecule has 0 amide bonds. The van der Waals surface area contributed by atoms with E-state index in [0.29, 0.717) is 41.6 Å². The predicted molar refractivity (Wildman–Crippen MR) is 110 cm³/mol. The average molecular weight is 417 g/mol. The molecule has 4 rings (SSSR count). The number of alkyl halides is 1. The Balaban J connectivity index is 1.71. The summed E-state index contributed by atoms with van der Waals surface area (Å²) in [5.41, 5.74) is 1.75. The molecular formula is C20H28FN7O2. The van der Waals surface area contributed by atoms with Gasteiger partial charge in [0.25, 0.3) is 0 Å². The van der Waals surface area contributed by atoms with E-state index in [-0.39, 0.29) is 6.23 Å². The highest BCUT2D eigenvalue weighted by atomic mass is 19.1. The van der Waals surface area contributed by atoms with Crippen molar-refractivity contribution in [2.24, 2.45) is 5.92 Å². The van der Waals surface area contributed by atoms with E-state index in [4.69, 9.17) is 9.47 Å². The standard InChI is InChI=1S/C20H28FN7O2/c1-5-29-14(4)27-10-16(9-23-27)17-18(30-12(2)8-21)19-25-20(26-28(19)11-22-17)24-13(3)15-6-7-15/h9-15H,5-8H2,1-4H3,(H,24,26)/t12?,13-,14?/m1/s1. The first-order valence-electron chi connectivity index (χ1n) is 10.4. The molecule has 3 heterocycles. The lowest BCUT2D eigenvalue weighted by molar-refractivity contribution is 0.0160.